The maximum atomic E-state index is 12.6. The van der Waals surface area contributed by atoms with Gasteiger partial charge in [0.15, 0.2) is 5.17 Å². The van der Waals surface area contributed by atoms with Crippen molar-refractivity contribution in [1.82, 2.24) is 5.32 Å². The lowest BCUT2D eigenvalue weighted by atomic mass is 10.0. The number of carbonyl (C=O) groups excluding carboxylic acids is 1. The fourth-order valence-electron chi connectivity index (χ4n) is 2.21. The summed E-state index contributed by atoms with van der Waals surface area (Å²) in [6, 6.07) is 9.33. The van der Waals surface area contributed by atoms with Crippen LogP contribution in [0.3, 0.4) is 0 Å². The SMILES string of the molecule is O=C1CSC(=NN=Cc2cc(-c3ccc(C(F)(F)F)cc3)ccc2O)N1. The second kappa shape index (κ2) is 7.20. The Morgan fingerprint density at radius 2 is 1.81 bits per heavy atom. The highest BCUT2D eigenvalue weighted by molar-refractivity contribution is 8.15. The maximum absolute atomic E-state index is 12.6. The van der Waals surface area contributed by atoms with E-state index >= 15 is 0 Å². The van der Waals surface area contributed by atoms with Crippen LogP contribution in [0.25, 0.3) is 11.1 Å². The molecule has 1 aliphatic heterocycles. The monoisotopic (exact) mass is 379 g/mol. The number of benzene rings is 2. The first-order valence-corrected chi connectivity index (χ1v) is 8.36. The lowest BCUT2D eigenvalue weighted by Crippen LogP contribution is -2.19. The highest BCUT2D eigenvalue weighted by Crippen LogP contribution is 2.31. The number of hydrogen-bond donors (Lipinski definition) is 2. The van der Waals surface area contributed by atoms with Crippen molar-refractivity contribution in [2.45, 2.75) is 6.18 Å². The predicted octanol–water partition coefficient (Wildman–Crippen LogP) is 3.63. The van der Waals surface area contributed by atoms with Crippen molar-refractivity contribution in [3.63, 3.8) is 0 Å². The van der Waals surface area contributed by atoms with Gasteiger partial charge in [-0.05, 0) is 35.4 Å². The van der Waals surface area contributed by atoms with Crippen molar-refractivity contribution in [3.8, 4) is 16.9 Å². The fourth-order valence-corrected chi connectivity index (χ4v) is 2.84. The molecule has 5 nitrogen and oxygen atoms in total. The van der Waals surface area contributed by atoms with Crippen molar-refractivity contribution >= 4 is 29.1 Å². The average molecular weight is 379 g/mol. The lowest BCUT2D eigenvalue weighted by molar-refractivity contribution is -0.137. The Bertz CT molecular complexity index is 893. The molecule has 0 aliphatic carbocycles. The minimum Gasteiger partial charge on any atom is -0.507 e. The van der Waals surface area contributed by atoms with Crippen LogP contribution < -0.4 is 5.32 Å². The molecule has 3 rings (SSSR count). The van der Waals surface area contributed by atoms with Gasteiger partial charge in [-0.15, -0.1) is 5.10 Å². The molecule has 26 heavy (non-hydrogen) atoms. The summed E-state index contributed by atoms with van der Waals surface area (Å²) in [7, 11) is 0. The van der Waals surface area contributed by atoms with E-state index in [-0.39, 0.29) is 17.4 Å². The Hall–Kier alpha value is -2.81. The average Bonchev–Trinajstić information content (AvgIpc) is 3.01. The van der Waals surface area contributed by atoms with E-state index in [0.29, 0.717) is 21.9 Å². The highest BCUT2D eigenvalue weighted by Gasteiger charge is 2.29. The minimum atomic E-state index is -4.39. The quantitative estimate of drug-likeness (QED) is 0.632. The number of phenolic OH excluding ortho intramolecular Hbond substituents is 1. The lowest BCUT2D eigenvalue weighted by Gasteiger charge is -2.08. The van der Waals surface area contributed by atoms with Gasteiger partial charge in [0.1, 0.15) is 5.75 Å². The number of halogens is 3. The molecule has 134 valence electrons. The van der Waals surface area contributed by atoms with E-state index in [1.807, 2.05) is 0 Å². The van der Waals surface area contributed by atoms with E-state index < -0.39 is 11.7 Å². The number of carbonyl (C=O) groups is 1. The zero-order valence-electron chi connectivity index (χ0n) is 13.1. The Kier molecular flexibility index (Phi) is 4.99. The normalized spacial score (nSPS) is 16.4. The summed E-state index contributed by atoms with van der Waals surface area (Å²) in [6.07, 6.45) is -3.08. The zero-order chi connectivity index (χ0) is 18.7. The van der Waals surface area contributed by atoms with Crippen molar-refractivity contribution in [3.05, 3.63) is 53.6 Å². The van der Waals surface area contributed by atoms with Gasteiger partial charge in [-0.3, -0.25) is 4.79 Å². The first-order chi connectivity index (χ1) is 12.3. The number of amidine groups is 1. The van der Waals surface area contributed by atoms with Crippen LogP contribution in [0.15, 0.2) is 52.7 Å². The standard InChI is InChI=1S/C17H12F3N3O2S/c18-17(19,20)13-4-1-10(2-5-13)11-3-6-14(24)12(7-11)8-21-23-16-22-15(25)9-26-16/h1-8,24H,9H2,(H,22,23,25). The van der Waals surface area contributed by atoms with E-state index in [0.717, 1.165) is 12.1 Å². The summed E-state index contributed by atoms with van der Waals surface area (Å²) in [5.41, 5.74) is 0.807. The van der Waals surface area contributed by atoms with Gasteiger partial charge in [-0.2, -0.15) is 18.3 Å². The second-order valence-corrected chi connectivity index (χ2v) is 6.30. The van der Waals surface area contributed by atoms with Gasteiger partial charge in [0.05, 0.1) is 17.5 Å². The summed E-state index contributed by atoms with van der Waals surface area (Å²) in [6.45, 7) is 0. The number of phenols is 1. The van der Waals surface area contributed by atoms with E-state index in [1.54, 1.807) is 12.1 Å². The molecule has 1 fully saturated rings. The molecule has 1 amide bonds. The molecule has 0 atom stereocenters. The number of rotatable bonds is 3. The Morgan fingerprint density at radius 1 is 1.12 bits per heavy atom. The molecule has 9 heteroatoms. The third-order valence-corrected chi connectivity index (χ3v) is 4.37. The molecule has 2 N–H and O–H groups in total. The molecule has 0 saturated carbocycles. The first kappa shape index (κ1) is 18.0. The van der Waals surface area contributed by atoms with Crippen LogP contribution in [0.1, 0.15) is 11.1 Å². The van der Waals surface area contributed by atoms with E-state index in [2.05, 4.69) is 15.5 Å². The van der Waals surface area contributed by atoms with Crippen LogP contribution in [0, 0.1) is 0 Å². The van der Waals surface area contributed by atoms with Gasteiger partial charge in [0.2, 0.25) is 5.91 Å². The Labute approximate surface area is 150 Å². The fraction of sp³-hybridized carbons (Fsp3) is 0.118. The van der Waals surface area contributed by atoms with Crippen LogP contribution in [0.4, 0.5) is 13.2 Å². The molecule has 1 heterocycles. The van der Waals surface area contributed by atoms with Gasteiger partial charge in [-0.25, -0.2) is 0 Å². The Balaban J connectivity index is 1.82. The van der Waals surface area contributed by atoms with Crippen LogP contribution in [0.5, 0.6) is 5.75 Å². The zero-order valence-corrected chi connectivity index (χ0v) is 13.9. The summed E-state index contributed by atoms with van der Waals surface area (Å²) < 4.78 is 37.9. The molecule has 0 spiro atoms. The van der Waals surface area contributed by atoms with Gasteiger partial charge in [0.25, 0.3) is 0 Å². The van der Waals surface area contributed by atoms with Gasteiger partial charge < -0.3 is 10.4 Å². The largest absolute Gasteiger partial charge is 0.507 e. The molecule has 1 saturated heterocycles. The van der Waals surface area contributed by atoms with Crippen molar-refractivity contribution < 1.29 is 23.1 Å². The molecular formula is C17H12F3N3O2S. The topological polar surface area (TPSA) is 74.0 Å². The maximum Gasteiger partial charge on any atom is 0.416 e. The van der Waals surface area contributed by atoms with Crippen LogP contribution in [-0.2, 0) is 11.0 Å². The van der Waals surface area contributed by atoms with Crippen LogP contribution in [-0.4, -0.2) is 28.1 Å². The molecule has 0 unspecified atom stereocenters. The Morgan fingerprint density at radius 3 is 2.42 bits per heavy atom. The summed E-state index contributed by atoms with van der Waals surface area (Å²) in [4.78, 5) is 11.1. The summed E-state index contributed by atoms with van der Waals surface area (Å²) in [5.74, 6) is 0.0760. The van der Waals surface area contributed by atoms with Crippen molar-refractivity contribution in [2.75, 3.05) is 5.75 Å². The molecule has 0 bridgehead atoms. The predicted molar refractivity (Wildman–Crippen MR) is 94.2 cm³/mol. The van der Waals surface area contributed by atoms with E-state index in [4.69, 9.17) is 0 Å². The van der Waals surface area contributed by atoms with Gasteiger partial charge in [-0.1, -0.05) is 30.0 Å². The smallest absolute Gasteiger partial charge is 0.416 e. The number of nitrogens with zero attached hydrogens (tertiary/aromatic N) is 2. The van der Waals surface area contributed by atoms with Gasteiger partial charge >= 0.3 is 6.18 Å². The van der Waals surface area contributed by atoms with E-state index in [1.165, 1.54) is 36.2 Å². The third-order valence-electron chi connectivity index (χ3n) is 3.50. The molecule has 0 radical (unpaired) electrons. The van der Waals surface area contributed by atoms with E-state index in [9.17, 15) is 23.1 Å². The summed E-state index contributed by atoms with van der Waals surface area (Å²) >= 11 is 1.21. The van der Waals surface area contributed by atoms with Gasteiger partial charge in [0, 0.05) is 5.56 Å². The number of amides is 1. The number of hydrogen-bond acceptors (Lipinski definition) is 5. The molecule has 0 aromatic heterocycles. The molecule has 2 aromatic carbocycles. The summed E-state index contributed by atoms with van der Waals surface area (Å²) in [5, 5.41) is 20.4. The molecular weight excluding hydrogens is 367 g/mol. The molecule has 1 aliphatic rings. The minimum absolute atomic E-state index is 0.0484. The highest BCUT2D eigenvalue weighted by atomic mass is 32.2. The van der Waals surface area contributed by atoms with Crippen molar-refractivity contribution in [1.29, 1.82) is 0 Å². The number of aromatic hydroxyl groups is 1. The van der Waals surface area contributed by atoms with Crippen LogP contribution >= 0.6 is 11.8 Å². The second-order valence-electron chi connectivity index (χ2n) is 5.34. The third kappa shape index (κ3) is 4.23. The molecule has 2 aromatic rings. The number of nitrogens with one attached hydrogen (secondary N) is 1. The van der Waals surface area contributed by atoms with Crippen LogP contribution in [0.2, 0.25) is 0 Å². The number of thioether (sulfide) groups is 1. The number of alkyl halides is 3. The van der Waals surface area contributed by atoms with Crippen molar-refractivity contribution in [2.24, 2.45) is 10.2 Å². The first-order valence-electron chi connectivity index (χ1n) is 7.37.